The number of hydrogen-bond donors (Lipinski definition) is 1. The topological polar surface area (TPSA) is 50.9 Å². The standard InChI is InChI=1S/C63H63N3O/c1-39(2)46-35-53(40(3)4)60(67)55(36-46)61-65-59-52(18-15-19-58(59)66(61)57-29-28-51(63(9,10)11)38-54(57)44-24-26-50(27-25-44)62(6,7)8)48-32-47(42-16-13-12-14-17-42)33-49(34-48)56-37-45(30-31-64-56)43-22-20-41(5)21-23-43/h12-40,67H,1-11H3/i39D,40D. The van der Waals surface area contributed by atoms with Gasteiger partial charge in [-0.2, -0.15) is 0 Å². The van der Waals surface area contributed by atoms with Crippen molar-refractivity contribution in [3.8, 4) is 78.6 Å². The molecule has 2 aromatic heterocycles. The molecule has 4 heteroatoms. The number of aromatic nitrogens is 3. The second kappa shape index (κ2) is 17.6. The minimum atomic E-state index is -1.17. The molecule has 0 saturated carbocycles. The molecule has 0 fully saturated rings. The monoisotopic (exact) mass is 880 g/mol. The lowest BCUT2D eigenvalue weighted by molar-refractivity contribution is 0.466. The third-order valence-corrected chi connectivity index (χ3v) is 13.1. The van der Waals surface area contributed by atoms with Gasteiger partial charge in [-0.05, 0) is 140 Å². The number of phenolic OH excluding ortho intramolecular Hbond substituents is 1. The number of para-hydroxylation sites is 1. The lowest BCUT2D eigenvalue weighted by atomic mass is 9.83. The van der Waals surface area contributed by atoms with E-state index in [0.29, 0.717) is 22.5 Å². The molecule has 2 heterocycles. The first-order valence-electron chi connectivity index (χ1n) is 24.4. The fraction of sp³-hybridized carbons (Fsp3) is 0.238. The quantitative estimate of drug-likeness (QED) is 0.157. The van der Waals surface area contributed by atoms with E-state index in [1.807, 2.05) is 38.2 Å². The van der Waals surface area contributed by atoms with Gasteiger partial charge in [-0.1, -0.05) is 178 Å². The molecule has 9 rings (SSSR count). The second-order valence-electron chi connectivity index (χ2n) is 20.6. The Labute approximate surface area is 400 Å². The minimum Gasteiger partial charge on any atom is -0.507 e. The van der Waals surface area contributed by atoms with Crippen LogP contribution in [0.2, 0.25) is 0 Å². The lowest BCUT2D eigenvalue weighted by Gasteiger charge is -2.24. The molecule has 0 atom stereocenters. The Kier molecular flexibility index (Phi) is 11.2. The van der Waals surface area contributed by atoms with Crippen LogP contribution in [0.25, 0.3) is 83.9 Å². The van der Waals surface area contributed by atoms with Crippen LogP contribution >= 0.6 is 0 Å². The molecule has 0 bridgehead atoms. The zero-order chi connectivity index (χ0) is 49.2. The van der Waals surface area contributed by atoms with Crippen LogP contribution in [0.3, 0.4) is 0 Å². The second-order valence-corrected chi connectivity index (χ2v) is 20.6. The Morgan fingerprint density at radius 1 is 0.522 bits per heavy atom. The molecule has 0 radical (unpaired) electrons. The number of nitrogens with zero attached hydrogens (tertiary/aromatic N) is 3. The molecule has 0 spiro atoms. The van der Waals surface area contributed by atoms with E-state index in [9.17, 15) is 7.85 Å². The van der Waals surface area contributed by atoms with E-state index >= 15 is 0 Å². The van der Waals surface area contributed by atoms with Crippen molar-refractivity contribution in [1.29, 1.82) is 0 Å². The Morgan fingerprint density at radius 2 is 1.16 bits per heavy atom. The number of benzene rings is 7. The highest BCUT2D eigenvalue weighted by Gasteiger charge is 2.27. The average Bonchev–Trinajstić information content (AvgIpc) is 3.70. The number of phenols is 1. The van der Waals surface area contributed by atoms with Gasteiger partial charge in [0.1, 0.15) is 11.6 Å². The molecular formula is C63H63N3O. The first-order chi connectivity index (χ1) is 32.5. The van der Waals surface area contributed by atoms with Gasteiger partial charge >= 0.3 is 0 Å². The highest BCUT2D eigenvalue weighted by Crippen LogP contribution is 2.45. The van der Waals surface area contributed by atoms with Gasteiger partial charge in [0.25, 0.3) is 0 Å². The van der Waals surface area contributed by atoms with Crippen LogP contribution in [-0.2, 0) is 10.8 Å². The van der Waals surface area contributed by atoms with Crippen molar-refractivity contribution in [3.05, 3.63) is 192 Å². The summed E-state index contributed by atoms with van der Waals surface area (Å²) < 4.78 is 20.7. The molecule has 0 unspecified atom stereocenters. The van der Waals surface area contributed by atoms with E-state index in [2.05, 4.69) is 193 Å². The van der Waals surface area contributed by atoms with Crippen molar-refractivity contribution in [3.63, 3.8) is 0 Å². The summed E-state index contributed by atoms with van der Waals surface area (Å²) in [6.07, 6.45) is 1.89. The molecular weight excluding hydrogens is 815 g/mol. The maximum Gasteiger partial charge on any atom is 0.149 e. The number of imidazole rings is 1. The molecule has 0 saturated heterocycles. The summed E-state index contributed by atoms with van der Waals surface area (Å²) in [5.74, 6) is -1.70. The molecule has 7 aromatic carbocycles. The predicted molar refractivity (Wildman–Crippen MR) is 283 cm³/mol. The van der Waals surface area contributed by atoms with Crippen molar-refractivity contribution in [2.45, 2.75) is 98.8 Å². The highest BCUT2D eigenvalue weighted by atomic mass is 16.3. The highest BCUT2D eigenvalue weighted by molar-refractivity contribution is 5.98. The summed E-state index contributed by atoms with van der Waals surface area (Å²) in [7, 11) is 0. The normalized spacial score (nSPS) is 12.9. The summed E-state index contributed by atoms with van der Waals surface area (Å²) >= 11 is 0. The van der Waals surface area contributed by atoms with Crippen LogP contribution in [-0.4, -0.2) is 19.6 Å². The van der Waals surface area contributed by atoms with Crippen LogP contribution in [0, 0.1) is 6.92 Å². The molecule has 1 N–H and O–H groups in total. The van der Waals surface area contributed by atoms with Gasteiger partial charge < -0.3 is 5.11 Å². The molecule has 0 amide bonds. The minimum absolute atomic E-state index is 0.0172. The van der Waals surface area contributed by atoms with E-state index in [4.69, 9.17) is 9.97 Å². The number of rotatable bonds is 9. The van der Waals surface area contributed by atoms with Crippen molar-refractivity contribution in [2.75, 3.05) is 0 Å². The summed E-state index contributed by atoms with van der Waals surface area (Å²) in [6.45, 7) is 22.8. The van der Waals surface area contributed by atoms with Gasteiger partial charge in [-0.15, -0.1) is 0 Å². The number of pyridine rings is 1. The molecule has 336 valence electrons. The van der Waals surface area contributed by atoms with Gasteiger partial charge in [-0.25, -0.2) is 4.98 Å². The number of fused-ring (bicyclic) bond motifs is 1. The SMILES string of the molecule is [2H]C(C)(C)c1cc(-c2nc3c(-c4cc(-c5ccccc5)cc(-c5cc(-c6ccc(C)cc6)ccn5)c4)cccc3n2-c2ccc(C(C)(C)C)cc2-c2ccc(C(C)(C)C)cc2)c(O)c(C([2H])(C)C)c1. The smallest absolute Gasteiger partial charge is 0.149 e. The van der Waals surface area contributed by atoms with E-state index in [1.165, 1.54) is 16.7 Å². The van der Waals surface area contributed by atoms with Crippen LogP contribution in [0.1, 0.15) is 112 Å². The molecule has 0 aliphatic heterocycles. The van der Waals surface area contributed by atoms with Gasteiger partial charge in [-0.3, -0.25) is 9.55 Å². The Morgan fingerprint density at radius 3 is 1.84 bits per heavy atom. The van der Waals surface area contributed by atoms with Crippen molar-refractivity contribution >= 4 is 11.0 Å². The first-order valence-corrected chi connectivity index (χ1v) is 23.4. The number of hydrogen-bond acceptors (Lipinski definition) is 3. The van der Waals surface area contributed by atoms with E-state index in [1.54, 1.807) is 13.8 Å². The van der Waals surface area contributed by atoms with E-state index in [0.717, 1.165) is 72.5 Å². The number of aromatic hydroxyl groups is 1. The van der Waals surface area contributed by atoms with Crippen LogP contribution in [0.5, 0.6) is 5.75 Å². The Balaban J connectivity index is 1.36. The zero-order valence-electron chi connectivity index (χ0n) is 42.9. The predicted octanol–water partition coefficient (Wildman–Crippen LogP) is 17.3. The first kappa shape index (κ1) is 42.6. The van der Waals surface area contributed by atoms with Gasteiger partial charge in [0.15, 0.2) is 0 Å². The number of aryl methyl sites for hydroxylation is 1. The van der Waals surface area contributed by atoms with Gasteiger partial charge in [0.05, 0.1) is 28.0 Å². The van der Waals surface area contributed by atoms with Crippen LogP contribution in [0.15, 0.2) is 164 Å². The van der Waals surface area contributed by atoms with Crippen LogP contribution < -0.4 is 0 Å². The third kappa shape index (κ3) is 8.98. The molecule has 9 aromatic rings. The largest absolute Gasteiger partial charge is 0.507 e. The van der Waals surface area contributed by atoms with Gasteiger partial charge in [0.2, 0.25) is 0 Å². The molecule has 4 nitrogen and oxygen atoms in total. The fourth-order valence-corrected chi connectivity index (χ4v) is 9.05. The maximum absolute atomic E-state index is 12.5. The Hall–Kier alpha value is -7.04. The Bertz CT molecular complexity index is 3360. The fourth-order valence-electron chi connectivity index (χ4n) is 9.05. The molecule has 0 aliphatic rings. The molecule has 0 aliphatic carbocycles. The van der Waals surface area contributed by atoms with Crippen molar-refractivity contribution in [1.82, 2.24) is 14.5 Å². The van der Waals surface area contributed by atoms with Crippen molar-refractivity contribution < 1.29 is 7.85 Å². The lowest BCUT2D eigenvalue weighted by Crippen LogP contribution is -2.12. The van der Waals surface area contributed by atoms with Crippen LogP contribution in [0.4, 0.5) is 0 Å². The van der Waals surface area contributed by atoms with Crippen molar-refractivity contribution in [2.24, 2.45) is 0 Å². The van der Waals surface area contributed by atoms with E-state index in [-0.39, 0.29) is 16.6 Å². The third-order valence-electron chi connectivity index (χ3n) is 13.1. The summed E-state index contributed by atoms with van der Waals surface area (Å²) in [5.41, 5.74) is 17.8. The zero-order valence-corrected chi connectivity index (χ0v) is 40.9. The van der Waals surface area contributed by atoms with Gasteiger partial charge in [0, 0.05) is 25.6 Å². The van der Waals surface area contributed by atoms with E-state index < -0.39 is 11.8 Å². The summed E-state index contributed by atoms with van der Waals surface area (Å²) in [5, 5.41) is 12.5. The average molecular weight is 880 g/mol. The summed E-state index contributed by atoms with van der Waals surface area (Å²) in [4.78, 5) is 10.6. The molecule has 67 heavy (non-hydrogen) atoms. The summed E-state index contributed by atoms with van der Waals surface area (Å²) in [6, 6.07) is 55.6. The maximum atomic E-state index is 12.5.